The average molecular weight is 210 g/mol. The van der Waals surface area contributed by atoms with E-state index in [4.69, 9.17) is 17.3 Å². The molecular weight excluding hydrogens is 194 g/mol. The Bertz CT molecular complexity index is 342. The highest BCUT2D eigenvalue weighted by molar-refractivity contribution is 6.31. The standard InChI is InChI=1S/C12H16ClN/c1-2-9-3-4-10(7-11(9)13)12(8-14)5-6-12/h3-4,7H,2,5-6,8,14H2,1H3. The topological polar surface area (TPSA) is 26.0 Å². The molecule has 2 rings (SSSR count). The first kappa shape index (κ1) is 10.0. The number of benzene rings is 1. The summed E-state index contributed by atoms with van der Waals surface area (Å²) < 4.78 is 0. The van der Waals surface area contributed by atoms with Crippen molar-refractivity contribution in [3.63, 3.8) is 0 Å². The number of rotatable bonds is 3. The fourth-order valence-corrected chi connectivity index (χ4v) is 2.24. The van der Waals surface area contributed by atoms with Crippen LogP contribution in [0.15, 0.2) is 18.2 Å². The quantitative estimate of drug-likeness (QED) is 0.814. The predicted molar refractivity (Wildman–Crippen MR) is 60.8 cm³/mol. The van der Waals surface area contributed by atoms with Crippen molar-refractivity contribution >= 4 is 11.6 Å². The van der Waals surface area contributed by atoms with E-state index in [0.717, 1.165) is 18.0 Å². The highest BCUT2D eigenvalue weighted by Crippen LogP contribution is 2.47. The molecule has 1 nitrogen and oxygen atoms in total. The van der Waals surface area contributed by atoms with Crippen LogP contribution in [0.1, 0.15) is 30.9 Å². The number of aryl methyl sites for hydroxylation is 1. The Balaban J connectivity index is 2.33. The largest absolute Gasteiger partial charge is 0.330 e. The van der Waals surface area contributed by atoms with E-state index in [9.17, 15) is 0 Å². The Morgan fingerprint density at radius 1 is 1.43 bits per heavy atom. The third-order valence-electron chi connectivity index (χ3n) is 3.29. The van der Waals surface area contributed by atoms with Crippen LogP contribution in [0, 0.1) is 0 Å². The molecule has 0 saturated heterocycles. The molecule has 0 unspecified atom stereocenters. The van der Waals surface area contributed by atoms with Crippen LogP contribution >= 0.6 is 11.6 Å². The zero-order valence-corrected chi connectivity index (χ0v) is 9.27. The van der Waals surface area contributed by atoms with Gasteiger partial charge < -0.3 is 5.73 Å². The third-order valence-corrected chi connectivity index (χ3v) is 3.64. The molecule has 0 heterocycles. The van der Waals surface area contributed by atoms with E-state index in [-0.39, 0.29) is 5.41 Å². The molecule has 2 N–H and O–H groups in total. The smallest absolute Gasteiger partial charge is 0.0440 e. The van der Waals surface area contributed by atoms with E-state index < -0.39 is 0 Å². The fraction of sp³-hybridized carbons (Fsp3) is 0.500. The molecule has 1 saturated carbocycles. The minimum atomic E-state index is 0.260. The van der Waals surface area contributed by atoms with Gasteiger partial charge in [-0.3, -0.25) is 0 Å². The Kier molecular flexibility index (Phi) is 2.54. The van der Waals surface area contributed by atoms with Gasteiger partial charge in [0.1, 0.15) is 0 Å². The Morgan fingerprint density at radius 3 is 2.57 bits per heavy atom. The highest BCUT2D eigenvalue weighted by Gasteiger charge is 2.42. The lowest BCUT2D eigenvalue weighted by Crippen LogP contribution is -2.19. The van der Waals surface area contributed by atoms with Crippen LogP contribution in [0.25, 0.3) is 0 Å². The minimum Gasteiger partial charge on any atom is -0.330 e. The van der Waals surface area contributed by atoms with Crippen molar-refractivity contribution in [1.82, 2.24) is 0 Å². The van der Waals surface area contributed by atoms with Crippen molar-refractivity contribution in [2.75, 3.05) is 6.54 Å². The number of hydrogen-bond acceptors (Lipinski definition) is 1. The van der Waals surface area contributed by atoms with Crippen LogP contribution in [-0.2, 0) is 11.8 Å². The van der Waals surface area contributed by atoms with Crippen LogP contribution in [-0.4, -0.2) is 6.54 Å². The summed E-state index contributed by atoms with van der Waals surface area (Å²) in [7, 11) is 0. The lowest BCUT2D eigenvalue weighted by atomic mass is 9.95. The maximum absolute atomic E-state index is 6.18. The van der Waals surface area contributed by atoms with Crippen molar-refractivity contribution in [2.24, 2.45) is 5.73 Å². The predicted octanol–water partition coefficient (Wildman–Crippen LogP) is 2.89. The van der Waals surface area contributed by atoms with Crippen LogP contribution < -0.4 is 5.73 Å². The second-order valence-corrected chi connectivity index (χ2v) is 4.55. The van der Waals surface area contributed by atoms with Gasteiger partial charge in [0.25, 0.3) is 0 Å². The molecule has 1 aliphatic carbocycles. The first-order valence-electron chi connectivity index (χ1n) is 5.21. The second-order valence-electron chi connectivity index (χ2n) is 4.14. The van der Waals surface area contributed by atoms with E-state index >= 15 is 0 Å². The molecule has 14 heavy (non-hydrogen) atoms. The van der Waals surface area contributed by atoms with Crippen LogP contribution in [0.4, 0.5) is 0 Å². The van der Waals surface area contributed by atoms with E-state index in [1.165, 1.54) is 24.0 Å². The molecule has 0 bridgehead atoms. The van der Waals surface area contributed by atoms with Gasteiger partial charge in [-0.25, -0.2) is 0 Å². The van der Waals surface area contributed by atoms with E-state index in [2.05, 4.69) is 25.1 Å². The summed E-state index contributed by atoms with van der Waals surface area (Å²) in [5.41, 5.74) is 8.58. The lowest BCUT2D eigenvalue weighted by molar-refractivity contribution is 0.704. The first-order valence-corrected chi connectivity index (χ1v) is 5.58. The number of nitrogens with two attached hydrogens (primary N) is 1. The van der Waals surface area contributed by atoms with Crippen molar-refractivity contribution in [2.45, 2.75) is 31.6 Å². The Labute approximate surface area is 90.3 Å². The molecule has 0 atom stereocenters. The van der Waals surface area contributed by atoms with Gasteiger partial charge in [0.2, 0.25) is 0 Å². The second kappa shape index (κ2) is 3.56. The van der Waals surface area contributed by atoms with E-state index in [1.54, 1.807) is 0 Å². The fourth-order valence-electron chi connectivity index (χ4n) is 1.93. The van der Waals surface area contributed by atoms with Crippen molar-refractivity contribution in [3.05, 3.63) is 34.3 Å². The monoisotopic (exact) mass is 209 g/mol. The van der Waals surface area contributed by atoms with Gasteiger partial charge in [-0.05, 0) is 36.5 Å². The normalized spacial score (nSPS) is 18.2. The van der Waals surface area contributed by atoms with Gasteiger partial charge in [-0.15, -0.1) is 0 Å². The summed E-state index contributed by atoms with van der Waals surface area (Å²) in [6.45, 7) is 2.87. The zero-order chi connectivity index (χ0) is 10.2. The van der Waals surface area contributed by atoms with Gasteiger partial charge in [0, 0.05) is 17.0 Å². The summed E-state index contributed by atoms with van der Waals surface area (Å²) in [5.74, 6) is 0. The molecule has 0 aliphatic heterocycles. The summed E-state index contributed by atoms with van der Waals surface area (Å²) in [5, 5.41) is 0.893. The Hall–Kier alpha value is -0.530. The van der Waals surface area contributed by atoms with E-state index in [1.807, 2.05) is 0 Å². The van der Waals surface area contributed by atoms with Crippen LogP contribution in [0.2, 0.25) is 5.02 Å². The summed E-state index contributed by atoms with van der Waals surface area (Å²) in [6.07, 6.45) is 3.42. The molecule has 76 valence electrons. The Morgan fingerprint density at radius 2 is 2.14 bits per heavy atom. The van der Waals surface area contributed by atoms with Gasteiger partial charge in [-0.1, -0.05) is 30.7 Å². The van der Waals surface area contributed by atoms with Crippen molar-refractivity contribution in [1.29, 1.82) is 0 Å². The maximum Gasteiger partial charge on any atom is 0.0440 e. The van der Waals surface area contributed by atoms with Crippen LogP contribution in [0.5, 0.6) is 0 Å². The van der Waals surface area contributed by atoms with Crippen molar-refractivity contribution < 1.29 is 0 Å². The highest BCUT2D eigenvalue weighted by atomic mass is 35.5. The molecular formula is C12H16ClN. The molecule has 2 heteroatoms. The maximum atomic E-state index is 6.18. The summed E-state index contributed by atoms with van der Waals surface area (Å²) >= 11 is 6.18. The molecule has 0 amide bonds. The molecule has 0 spiro atoms. The SMILES string of the molecule is CCc1ccc(C2(CN)CC2)cc1Cl. The molecule has 1 aromatic carbocycles. The summed E-state index contributed by atoms with van der Waals surface area (Å²) in [4.78, 5) is 0. The van der Waals surface area contributed by atoms with Gasteiger partial charge in [-0.2, -0.15) is 0 Å². The van der Waals surface area contributed by atoms with Gasteiger partial charge >= 0.3 is 0 Å². The number of halogens is 1. The summed E-state index contributed by atoms with van der Waals surface area (Å²) in [6, 6.07) is 6.41. The molecule has 0 aromatic heterocycles. The third kappa shape index (κ3) is 1.55. The first-order chi connectivity index (χ1) is 6.72. The minimum absolute atomic E-state index is 0.260. The average Bonchev–Trinajstić information content (AvgIpc) is 2.98. The van der Waals surface area contributed by atoms with Gasteiger partial charge in [0.15, 0.2) is 0 Å². The molecule has 1 aromatic rings. The zero-order valence-electron chi connectivity index (χ0n) is 8.52. The molecule has 1 aliphatic rings. The van der Waals surface area contributed by atoms with Crippen molar-refractivity contribution in [3.8, 4) is 0 Å². The number of hydrogen-bond donors (Lipinski definition) is 1. The van der Waals surface area contributed by atoms with Gasteiger partial charge in [0.05, 0.1) is 0 Å². The molecule has 1 fully saturated rings. The molecule has 0 radical (unpaired) electrons. The van der Waals surface area contributed by atoms with E-state index in [0.29, 0.717) is 0 Å². The lowest BCUT2D eigenvalue weighted by Gasteiger charge is -2.14. The van der Waals surface area contributed by atoms with Crippen LogP contribution in [0.3, 0.4) is 0 Å².